The Bertz CT molecular complexity index is 458. The minimum atomic E-state index is -4.43. The minimum Gasteiger partial charge on any atom is -0.364 e. The summed E-state index contributed by atoms with van der Waals surface area (Å²) in [5.74, 6) is -0.508. The first kappa shape index (κ1) is 15.7. The van der Waals surface area contributed by atoms with E-state index in [-0.39, 0.29) is 5.56 Å². The van der Waals surface area contributed by atoms with Crippen LogP contribution in [0.2, 0.25) is 0 Å². The highest BCUT2D eigenvalue weighted by molar-refractivity contribution is 9.11. The predicted molar refractivity (Wildman–Crippen MR) is 67.8 cm³/mol. The van der Waals surface area contributed by atoms with Gasteiger partial charge in [-0.3, -0.25) is 4.79 Å². The fourth-order valence-electron chi connectivity index (χ4n) is 1.20. The van der Waals surface area contributed by atoms with Gasteiger partial charge in [0.1, 0.15) is 13.2 Å². The number of carbonyl (C=O) groups is 1. The Labute approximate surface area is 119 Å². The zero-order valence-corrected chi connectivity index (χ0v) is 12.4. The third-order valence-electron chi connectivity index (χ3n) is 2.05. The summed E-state index contributed by atoms with van der Waals surface area (Å²) in [6, 6.07) is 3.26. The molecule has 18 heavy (non-hydrogen) atoms. The molecule has 0 radical (unpaired) electrons. The number of alkyl halides is 3. The van der Waals surface area contributed by atoms with Crippen molar-refractivity contribution in [1.82, 2.24) is 0 Å². The molecule has 0 saturated heterocycles. The highest BCUT2D eigenvalue weighted by atomic mass is 79.9. The molecule has 1 rings (SSSR count). The first-order valence-corrected chi connectivity index (χ1v) is 6.42. The van der Waals surface area contributed by atoms with E-state index in [9.17, 15) is 18.0 Å². The molecule has 0 heterocycles. The summed E-state index contributed by atoms with van der Waals surface area (Å²) >= 11 is 6.45. The van der Waals surface area contributed by atoms with Gasteiger partial charge in [-0.15, -0.1) is 0 Å². The Balaban J connectivity index is 2.70. The quantitative estimate of drug-likeness (QED) is 0.718. The van der Waals surface area contributed by atoms with Gasteiger partial charge in [0.15, 0.2) is 5.78 Å². The molecule has 0 fully saturated rings. The first-order valence-electron chi connectivity index (χ1n) is 4.84. The monoisotopic (exact) mass is 388 g/mol. The van der Waals surface area contributed by atoms with Gasteiger partial charge in [-0.25, -0.2) is 0 Å². The van der Waals surface area contributed by atoms with E-state index in [1.54, 1.807) is 12.1 Å². The van der Waals surface area contributed by atoms with Crippen LogP contribution < -0.4 is 0 Å². The number of aryl methyl sites for hydroxylation is 1. The third-order valence-corrected chi connectivity index (χ3v) is 3.56. The van der Waals surface area contributed by atoms with Crippen molar-refractivity contribution in [3.05, 3.63) is 32.2 Å². The molecule has 0 atom stereocenters. The van der Waals surface area contributed by atoms with Crippen molar-refractivity contribution in [3.63, 3.8) is 0 Å². The standard InChI is InChI=1S/C11H9Br2F3O2/c1-6-2-9(13)7(3-8(6)12)10(17)4-18-5-11(14,15)16/h2-3H,4-5H2,1H3. The van der Waals surface area contributed by atoms with Gasteiger partial charge in [0.25, 0.3) is 0 Å². The Hall–Kier alpha value is -0.400. The van der Waals surface area contributed by atoms with E-state index in [1.807, 2.05) is 6.92 Å². The maximum Gasteiger partial charge on any atom is 0.411 e. The number of benzene rings is 1. The average molecular weight is 390 g/mol. The fraction of sp³-hybridized carbons (Fsp3) is 0.364. The molecule has 0 aliphatic carbocycles. The van der Waals surface area contributed by atoms with E-state index >= 15 is 0 Å². The van der Waals surface area contributed by atoms with Crippen LogP contribution in [0.1, 0.15) is 15.9 Å². The number of halogens is 5. The summed E-state index contributed by atoms with van der Waals surface area (Å²) in [7, 11) is 0. The van der Waals surface area contributed by atoms with Crippen LogP contribution in [0.4, 0.5) is 13.2 Å². The molecule has 0 amide bonds. The van der Waals surface area contributed by atoms with Crippen LogP contribution in [-0.2, 0) is 4.74 Å². The van der Waals surface area contributed by atoms with Crippen molar-refractivity contribution < 1.29 is 22.7 Å². The van der Waals surface area contributed by atoms with Crippen LogP contribution in [0.15, 0.2) is 21.1 Å². The van der Waals surface area contributed by atoms with E-state index in [2.05, 4.69) is 36.6 Å². The van der Waals surface area contributed by atoms with Crippen LogP contribution in [-0.4, -0.2) is 25.2 Å². The topological polar surface area (TPSA) is 26.3 Å². The number of ether oxygens (including phenoxy) is 1. The Morgan fingerprint density at radius 1 is 1.28 bits per heavy atom. The van der Waals surface area contributed by atoms with Crippen molar-refractivity contribution >= 4 is 37.6 Å². The Kier molecular flexibility index (Phi) is 5.36. The van der Waals surface area contributed by atoms with Gasteiger partial charge in [0, 0.05) is 14.5 Å². The Morgan fingerprint density at radius 2 is 1.89 bits per heavy atom. The van der Waals surface area contributed by atoms with Crippen molar-refractivity contribution in [2.45, 2.75) is 13.1 Å². The van der Waals surface area contributed by atoms with Crippen LogP contribution >= 0.6 is 31.9 Å². The normalized spacial score (nSPS) is 11.7. The predicted octanol–water partition coefficient (Wildman–Crippen LogP) is 4.28. The first-order chi connectivity index (χ1) is 8.20. The maximum absolute atomic E-state index is 11.9. The molecule has 0 saturated carbocycles. The number of rotatable bonds is 4. The van der Waals surface area contributed by atoms with E-state index in [1.165, 1.54) is 0 Å². The van der Waals surface area contributed by atoms with Crippen molar-refractivity contribution in [2.24, 2.45) is 0 Å². The van der Waals surface area contributed by atoms with Gasteiger partial charge in [-0.2, -0.15) is 13.2 Å². The van der Waals surface area contributed by atoms with Crippen molar-refractivity contribution in [1.29, 1.82) is 0 Å². The van der Waals surface area contributed by atoms with E-state index < -0.39 is 25.2 Å². The number of hydrogen-bond donors (Lipinski definition) is 0. The Morgan fingerprint density at radius 3 is 2.44 bits per heavy atom. The number of hydrogen-bond acceptors (Lipinski definition) is 2. The molecule has 0 bridgehead atoms. The third kappa shape index (κ3) is 4.70. The summed E-state index contributed by atoms with van der Waals surface area (Å²) in [5, 5.41) is 0. The van der Waals surface area contributed by atoms with Crippen LogP contribution in [0.25, 0.3) is 0 Å². The summed E-state index contributed by atoms with van der Waals surface area (Å²) in [6.45, 7) is -0.194. The molecule has 0 aliphatic heterocycles. The lowest BCUT2D eigenvalue weighted by Gasteiger charge is -2.09. The second-order valence-electron chi connectivity index (χ2n) is 3.61. The minimum absolute atomic E-state index is 0.287. The number of ketones is 1. The molecule has 100 valence electrons. The zero-order chi connectivity index (χ0) is 13.9. The number of carbonyl (C=O) groups excluding carboxylic acids is 1. The summed E-state index contributed by atoms with van der Waals surface area (Å²) < 4.78 is 41.1. The SMILES string of the molecule is Cc1cc(Br)c(C(=O)COCC(F)(F)F)cc1Br. The molecule has 7 heteroatoms. The van der Waals surface area contributed by atoms with Gasteiger partial charge in [-0.1, -0.05) is 31.9 Å². The molecule has 1 aromatic rings. The number of Topliss-reactive ketones (excluding diaryl/α,β-unsaturated/α-hetero) is 1. The highest BCUT2D eigenvalue weighted by Crippen LogP contribution is 2.26. The van der Waals surface area contributed by atoms with Gasteiger partial charge in [-0.05, 0) is 24.6 Å². The maximum atomic E-state index is 11.9. The van der Waals surface area contributed by atoms with E-state index in [0.29, 0.717) is 8.95 Å². The van der Waals surface area contributed by atoms with Crippen LogP contribution in [0, 0.1) is 6.92 Å². The molecular weight excluding hydrogens is 381 g/mol. The molecule has 0 unspecified atom stereocenters. The zero-order valence-electron chi connectivity index (χ0n) is 9.28. The lowest BCUT2D eigenvalue weighted by atomic mass is 10.1. The largest absolute Gasteiger partial charge is 0.411 e. The molecule has 2 nitrogen and oxygen atoms in total. The van der Waals surface area contributed by atoms with Gasteiger partial charge >= 0.3 is 6.18 Å². The van der Waals surface area contributed by atoms with Gasteiger partial charge in [0.05, 0.1) is 0 Å². The highest BCUT2D eigenvalue weighted by Gasteiger charge is 2.28. The molecule has 0 aromatic heterocycles. The van der Waals surface area contributed by atoms with Crippen molar-refractivity contribution in [3.8, 4) is 0 Å². The van der Waals surface area contributed by atoms with Gasteiger partial charge in [0.2, 0.25) is 0 Å². The molecule has 1 aromatic carbocycles. The van der Waals surface area contributed by atoms with Crippen LogP contribution in [0.3, 0.4) is 0 Å². The molecule has 0 aliphatic rings. The molecular formula is C11H9Br2F3O2. The lowest BCUT2D eigenvalue weighted by Crippen LogP contribution is -2.20. The second kappa shape index (κ2) is 6.16. The van der Waals surface area contributed by atoms with Crippen molar-refractivity contribution in [2.75, 3.05) is 13.2 Å². The molecule has 0 spiro atoms. The second-order valence-corrected chi connectivity index (χ2v) is 5.32. The van der Waals surface area contributed by atoms with Gasteiger partial charge < -0.3 is 4.74 Å². The smallest absolute Gasteiger partial charge is 0.364 e. The lowest BCUT2D eigenvalue weighted by molar-refractivity contribution is -0.170. The summed E-state index contributed by atoms with van der Waals surface area (Å²) in [5.41, 5.74) is 1.20. The average Bonchev–Trinajstić information content (AvgIpc) is 2.21. The van der Waals surface area contributed by atoms with Crippen LogP contribution in [0.5, 0.6) is 0 Å². The summed E-state index contributed by atoms with van der Waals surface area (Å²) in [6.07, 6.45) is -4.43. The van der Waals surface area contributed by atoms with E-state index in [0.717, 1.165) is 5.56 Å². The summed E-state index contributed by atoms with van der Waals surface area (Å²) in [4.78, 5) is 11.7. The molecule has 0 N–H and O–H groups in total. The van der Waals surface area contributed by atoms with E-state index in [4.69, 9.17) is 0 Å². The fourth-order valence-corrected chi connectivity index (χ4v) is 2.22.